The van der Waals surface area contributed by atoms with Crippen molar-refractivity contribution < 1.29 is 14.0 Å². The van der Waals surface area contributed by atoms with Gasteiger partial charge in [-0.2, -0.15) is 0 Å². The number of anilines is 1. The van der Waals surface area contributed by atoms with Crippen molar-refractivity contribution in [3.63, 3.8) is 0 Å². The number of aromatic nitrogens is 4. The van der Waals surface area contributed by atoms with Crippen LogP contribution in [0.5, 0.6) is 0 Å². The van der Waals surface area contributed by atoms with Crippen molar-refractivity contribution in [3.05, 3.63) is 48.2 Å². The van der Waals surface area contributed by atoms with Crippen molar-refractivity contribution in [2.24, 2.45) is 0 Å². The average Bonchev–Trinajstić information content (AvgIpc) is 3.47. The predicted octanol–water partition coefficient (Wildman–Crippen LogP) is 3.75. The van der Waals surface area contributed by atoms with Gasteiger partial charge in [-0.25, -0.2) is 19.3 Å². The van der Waals surface area contributed by atoms with Crippen LogP contribution in [0.1, 0.15) is 50.4 Å². The first-order chi connectivity index (χ1) is 16.6. The molecule has 0 bridgehead atoms. The Balaban J connectivity index is 1.43. The Bertz CT molecular complexity index is 1250. The quantitative estimate of drug-likeness (QED) is 0.564. The molecule has 34 heavy (non-hydrogen) atoms. The molecule has 0 unspecified atom stereocenters. The average molecular weight is 461 g/mol. The summed E-state index contributed by atoms with van der Waals surface area (Å²) < 4.78 is 15.8. The summed E-state index contributed by atoms with van der Waals surface area (Å²) in [5, 5.41) is 3.40. The lowest BCUT2D eigenvalue weighted by Gasteiger charge is -2.26. The van der Waals surface area contributed by atoms with Crippen LogP contribution in [0.2, 0.25) is 0 Å². The third kappa shape index (κ3) is 3.65. The van der Waals surface area contributed by atoms with Gasteiger partial charge in [-0.1, -0.05) is 0 Å². The van der Waals surface area contributed by atoms with E-state index in [1.165, 1.54) is 23.5 Å². The summed E-state index contributed by atoms with van der Waals surface area (Å²) in [6.07, 6.45) is 7.22. The molecule has 2 fully saturated rings. The summed E-state index contributed by atoms with van der Waals surface area (Å²) in [6, 6.07) is 8.43. The zero-order valence-electron chi connectivity index (χ0n) is 18.7. The van der Waals surface area contributed by atoms with E-state index in [0.717, 1.165) is 42.8 Å². The molecule has 2 aliphatic heterocycles. The third-order valence-corrected chi connectivity index (χ3v) is 7.05. The molecule has 4 heterocycles. The molecule has 1 atom stereocenters. The van der Waals surface area contributed by atoms with E-state index >= 15 is 0 Å². The Morgan fingerprint density at radius 2 is 1.74 bits per heavy atom. The SMILES string of the molecule is O=C1CCC(=O)N1C[C@@H]1CCc2nc(-c3ccc(F)cc3)c(-c3ccnc(NC4CCC4)n3)n21. The van der Waals surface area contributed by atoms with E-state index in [0.29, 0.717) is 29.9 Å². The van der Waals surface area contributed by atoms with Gasteiger partial charge in [-0.05, 0) is 56.0 Å². The minimum absolute atomic E-state index is 0.0873. The van der Waals surface area contributed by atoms with E-state index in [-0.39, 0.29) is 36.5 Å². The minimum atomic E-state index is -0.310. The topological polar surface area (TPSA) is 93.0 Å². The third-order valence-electron chi connectivity index (χ3n) is 7.05. The van der Waals surface area contributed by atoms with E-state index in [1.54, 1.807) is 18.3 Å². The van der Waals surface area contributed by atoms with Crippen molar-refractivity contribution in [2.75, 3.05) is 11.9 Å². The van der Waals surface area contributed by atoms with Gasteiger partial charge in [-0.15, -0.1) is 0 Å². The molecule has 1 saturated heterocycles. The first-order valence-corrected chi connectivity index (χ1v) is 11.9. The number of hydrogen-bond donors (Lipinski definition) is 1. The summed E-state index contributed by atoms with van der Waals surface area (Å²) in [7, 11) is 0. The number of aryl methyl sites for hydroxylation is 1. The van der Waals surface area contributed by atoms with Gasteiger partial charge in [0.25, 0.3) is 0 Å². The van der Waals surface area contributed by atoms with Gasteiger partial charge in [0.1, 0.15) is 11.6 Å². The highest BCUT2D eigenvalue weighted by molar-refractivity contribution is 6.02. The zero-order valence-corrected chi connectivity index (χ0v) is 18.7. The number of hydrogen-bond acceptors (Lipinski definition) is 6. The van der Waals surface area contributed by atoms with Crippen LogP contribution in [0.25, 0.3) is 22.6 Å². The molecule has 6 rings (SSSR count). The number of nitrogens with one attached hydrogen (secondary N) is 1. The molecule has 3 aromatic rings. The molecule has 174 valence electrons. The molecule has 9 heteroatoms. The van der Waals surface area contributed by atoms with Gasteiger partial charge in [0.15, 0.2) is 0 Å². The maximum atomic E-state index is 13.6. The van der Waals surface area contributed by atoms with Gasteiger partial charge in [-0.3, -0.25) is 14.5 Å². The number of carbonyl (C=O) groups excluding carboxylic acids is 2. The van der Waals surface area contributed by atoms with Crippen LogP contribution in [0, 0.1) is 5.82 Å². The second-order valence-electron chi connectivity index (χ2n) is 9.23. The van der Waals surface area contributed by atoms with Gasteiger partial charge >= 0.3 is 0 Å². The van der Waals surface area contributed by atoms with Crippen LogP contribution in [0.4, 0.5) is 10.3 Å². The van der Waals surface area contributed by atoms with E-state index < -0.39 is 0 Å². The molecule has 8 nitrogen and oxygen atoms in total. The first-order valence-electron chi connectivity index (χ1n) is 11.9. The van der Waals surface area contributed by atoms with E-state index in [2.05, 4.69) is 14.9 Å². The van der Waals surface area contributed by atoms with Gasteiger partial charge in [0.05, 0.1) is 23.1 Å². The van der Waals surface area contributed by atoms with Crippen molar-refractivity contribution in [1.29, 1.82) is 0 Å². The fraction of sp³-hybridized carbons (Fsp3) is 0.400. The lowest BCUT2D eigenvalue weighted by molar-refractivity contribution is -0.138. The number of carbonyl (C=O) groups is 2. The van der Waals surface area contributed by atoms with Crippen LogP contribution in [0.15, 0.2) is 36.5 Å². The molecule has 3 aliphatic rings. The summed E-state index contributed by atoms with van der Waals surface area (Å²) in [6.45, 7) is 0.329. The molecule has 2 amide bonds. The number of halogens is 1. The molecule has 2 aromatic heterocycles. The standard InChI is InChI=1S/C25H25FN6O2/c26-16-6-4-15(5-7-16)23-24(19-12-13-27-25(29-19)28-17-2-1-3-17)32-18(8-9-20(32)30-23)14-31-21(33)10-11-22(31)34/h4-7,12-13,17-18H,1-3,8-11,14H2,(H,27,28,29)/t18-/m0/s1. The molecule has 0 spiro atoms. The number of nitrogens with zero attached hydrogens (tertiary/aromatic N) is 5. The van der Waals surface area contributed by atoms with Crippen molar-refractivity contribution in [1.82, 2.24) is 24.4 Å². The normalized spacial score (nSPS) is 20.0. The number of imide groups is 1. The molecule has 1 N–H and O–H groups in total. The predicted molar refractivity (Wildman–Crippen MR) is 123 cm³/mol. The highest BCUT2D eigenvalue weighted by atomic mass is 19.1. The second-order valence-corrected chi connectivity index (χ2v) is 9.23. The number of fused-ring (bicyclic) bond motifs is 1. The monoisotopic (exact) mass is 460 g/mol. The van der Waals surface area contributed by atoms with Crippen LogP contribution in [-0.2, 0) is 16.0 Å². The van der Waals surface area contributed by atoms with Crippen LogP contribution >= 0.6 is 0 Å². The lowest BCUT2D eigenvalue weighted by Crippen LogP contribution is -2.34. The van der Waals surface area contributed by atoms with Crippen LogP contribution in [-0.4, -0.2) is 48.8 Å². The molecule has 1 saturated carbocycles. The Morgan fingerprint density at radius 3 is 2.44 bits per heavy atom. The van der Waals surface area contributed by atoms with Gasteiger partial charge in [0, 0.05) is 43.6 Å². The zero-order chi connectivity index (χ0) is 23.2. The highest BCUT2D eigenvalue weighted by Gasteiger charge is 2.36. The number of benzene rings is 1. The number of imidazole rings is 1. The fourth-order valence-electron chi connectivity index (χ4n) is 5.03. The Morgan fingerprint density at radius 1 is 0.971 bits per heavy atom. The fourth-order valence-corrected chi connectivity index (χ4v) is 5.03. The Hall–Kier alpha value is -3.62. The molecule has 1 aromatic carbocycles. The molecule has 1 aliphatic carbocycles. The van der Waals surface area contributed by atoms with E-state index in [4.69, 9.17) is 9.97 Å². The molecule has 0 radical (unpaired) electrons. The Kier molecular flexibility index (Phi) is 5.12. The Labute approximate surface area is 196 Å². The lowest BCUT2D eigenvalue weighted by atomic mass is 9.93. The molecular weight excluding hydrogens is 435 g/mol. The van der Waals surface area contributed by atoms with Crippen molar-refractivity contribution >= 4 is 17.8 Å². The maximum Gasteiger partial charge on any atom is 0.229 e. The second kappa shape index (κ2) is 8.30. The van der Waals surface area contributed by atoms with Crippen LogP contribution < -0.4 is 5.32 Å². The number of rotatable bonds is 6. The highest BCUT2D eigenvalue weighted by Crippen LogP contribution is 2.40. The summed E-state index contributed by atoms with van der Waals surface area (Å²) in [5.74, 6) is 0.906. The summed E-state index contributed by atoms with van der Waals surface area (Å²) >= 11 is 0. The minimum Gasteiger partial charge on any atom is -0.351 e. The largest absolute Gasteiger partial charge is 0.351 e. The first kappa shape index (κ1) is 20.9. The number of amides is 2. The summed E-state index contributed by atoms with van der Waals surface area (Å²) in [4.78, 5) is 40.1. The van der Waals surface area contributed by atoms with E-state index in [1.807, 2.05) is 6.07 Å². The maximum absolute atomic E-state index is 13.6. The van der Waals surface area contributed by atoms with Crippen molar-refractivity contribution in [3.8, 4) is 22.6 Å². The van der Waals surface area contributed by atoms with Gasteiger partial charge < -0.3 is 9.88 Å². The molecular formula is C25H25FN6O2. The summed E-state index contributed by atoms with van der Waals surface area (Å²) in [5.41, 5.74) is 3.02. The van der Waals surface area contributed by atoms with E-state index in [9.17, 15) is 14.0 Å². The number of likely N-dealkylation sites (tertiary alicyclic amines) is 1. The van der Waals surface area contributed by atoms with Crippen molar-refractivity contribution in [2.45, 2.75) is 57.0 Å². The smallest absolute Gasteiger partial charge is 0.229 e. The van der Waals surface area contributed by atoms with Gasteiger partial charge in [0.2, 0.25) is 17.8 Å². The van der Waals surface area contributed by atoms with Crippen LogP contribution in [0.3, 0.4) is 0 Å².